The van der Waals surface area contributed by atoms with E-state index >= 15 is 0 Å². The van der Waals surface area contributed by atoms with Gasteiger partial charge in [-0.3, -0.25) is 0 Å². The van der Waals surface area contributed by atoms with Gasteiger partial charge in [-0.25, -0.2) is 9.48 Å². The van der Waals surface area contributed by atoms with Crippen LogP contribution >= 0.6 is 0 Å². The second kappa shape index (κ2) is 5.15. The van der Waals surface area contributed by atoms with Crippen molar-refractivity contribution in [1.82, 2.24) is 15.0 Å². The van der Waals surface area contributed by atoms with Crippen molar-refractivity contribution in [1.29, 1.82) is 0 Å². The maximum atomic E-state index is 12.1. The van der Waals surface area contributed by atoms with Gasteiger partial charge in [0.05, 0.1) is 25.8 Å². The Labute approximate surface area is 95.6 Å². The van der Waals surface area contributed by atoms with Crippen LogP contribution in [0.5, 0.6) is 0 Å². The summed E-state index contributed by atoms with van der Waals surface area (Å²) in [5.41, 5.74) is 0.318. The van der Waals surface area contributed by atoms with Crippen LogP contribution in [0, 0.1) is 0 Å². The molecule has 5 nitrogen and oxygen atoms in total. The maximum absolute atomic E-state index is 12.1. The molecular weight excluding hydrogens is 239 g/mol. The minimum Gasteiger partial charge on any atom is -0.464 e. The predicted molar refractivity (Wildman–Crippen MR) is 51.4 cm³/mol. The Balaban J connectivity index is 2.87. The van der Waals surface area contributed by atoms with Gasteiger partial charge in [-0.1, -0.05) is 12.1 Å². The van der Waals surface area contributed by atoms with Crippen molar-refractivity contribution in [2.45, 2.75) is 32.5 Å². The van der Waals surface area contributed by atoms with Crippen molar-refractivity contribution >= 4 is 5.97 Å². The number of aromatic nitrogens is 3. The fourth-order valence-electron chi connectivity index (χ4n) is 1.35. The van der Waals surface area contributed by atoms with Gasteiger partial charge >= 0.3 is 12.1 Å². The van der Waals surface area contributed by atoms with Gasteiger partial charge in [-0.2, -0.15) is 13.2 Å². The van der Waals surface area contributed by atoms with E-state index in [-0.39, 0.29) is 12.2 Å². The van der Waals surface area contributed by atoms with Crippen molar-refractivity contribution in [3.05, 3.63) is 11.4 Å². The van der Waals surface area contributed by atoms with E-state index in [1.165, 1.54) is 7.11 Å². The van der Waals surface area contributed by atoms with Gasteiger partial charge in [0.25, 0.3) is 0 Å². The molecule has 96 valence electrons. The van der Waals surface area contributed by atoms with Crippen molar-refractivity contribution in [3.8, 4) is 0 Å². The average Bonchev–Trinajstić information content (AvgIpc) is 2.67. The number of halogens is 3. The first-order valence-electron chi connectivity index (χ1n) is 4.96. The highest BCUT2D eigenvalue weighted by Crippen LogP contribution is 2.21. The molecule has 0 aliphatic heterocycles. The van der Waals surface area contributed by atoms with Crippen LogP contribution in [0.25, 0.3) is 0 Å². The summed E-state index contributed by atoms with van der Waals surface area (Å²) in [4.78, 5) is 11.2. The Morgan fingerprint density at radius 1 is 1.47 bits per heavy atom. The zero-order valence-electron chi connectivity index (χ0n) is 9.41. The summed E-state index contributed by atoms with van der Waals surface area (Å²) < 4.78 is 41.7. The number of hydrogen-bond acceptors (Lipinski definition) is 4. The number of hydrogen-bond donors (Lipinski definition) is 0. The van der Waals surface area contributed by atoms with Crippen LogP contribution in [0.1, 0.15) is 29.5 Å². The zero-order valence-corrected chi connectivity index (χ0v) is 9.41. The molecule has 0 N–H and O–H groups in total. The lowest BCUT2D eigenvalue weighted by atomic mass is 10.2. The molecule has 0 aromatic carbocycles. The van der Waals surface area contributed by atoms with Gasteiger partial charge in [0, 0.05) is 0 Å². The van der Waals surface area contributed by atoms with Gasteiger partial charge in [-0.15, -0.1) is 5.10 Å². The van der Waals surface area contributed by atoms with Gasteiger partial charge < -0.3 is 4.74 Å². The molecule has 0 fully saturated rings. The highest BCUT2D eigenvalue weighted by molar-refractivity contribution is 5.88. The Bertz CT molecular complexity index is 401. The Morgan fingerprint density at radius 2 is 2.12 bits per heavy atom. The van der Waals surface area contributed by atoms with E-state index in [0.29, 0.717) is 12.1 Å². The highest BCUT2D eigenvalue weighted by atomic mass is 19.4. The SMILES string of the molecule is CCc1c(C(=O)OC)nnn1CCC(F)(F)F. The largest absolute Gasteiger partial charge is 0.464 e. The predicted octanol–water partition coefficient (Wildman–Crippen LogP) is 1.58. The van der Waals surface area contributed by atoms with Crippen LogP contribution in [0.3, 0.4) is 0 Å². The summed E-state index contributed by atoms with van der Waals surface area (Å²) in [5, 5.41) is 7.05. The summed E-state index contributed by atoms with van der Waals surface area (Å²) in [6.45, 7) is 1.35. The third-order valence-corrected chi connectivity index (χ3v) is 2.16. The van der Waals surface area contributed by atoms with Gasteiger partial charge in [0.1, 0.15) is 0 Å². The number of nitrogens with zero attached hydrogens (tertiary/aromatic N) is 3. The first-order chi connectivity index (χ1) is 7.89. The summed E-state index contributed by atoms with van der Waals surface area (Å²) in [6, 6.07) is 0. The standard InChI is InChI=1S/C9H12F3N3O2/c1-3-6-7(8(16)17-2)13-14-15(6)5-4-9(10,11)12/h3-5H2,1-2H3. The lowest BCUT2D eigenvalue weighted by Gasteiger charge is -2.08. The molecule has 0 saturated carbocycles. The topological polar surface area (TPSA) is 57.0 Å². The molecule has 1 aromatic rings. The molecule has 0 aliphatic carbocycles. The van der Waals surface area contributed by atoms with E-state index in [2.05, 4.69) is 15.0 Å². The van der Waals surface area contributed by atoms with E-state index in [4.69, 9.17) is 0 Å². The molecule has 0 saturated heterocycles. The number of aryl methyl sites for hydroxylation is 1. The van der Waals surface area contributed by atoms with Crippen molar-refractivity contribution in [3.63, 3.8) is 0 Å². The average molecular weight is 251 g/mol. The summed E-state index contributed by atoms with van der Waals surface area (Å²) in [5.74, 6) is -0.694. The lowest BCUT2D eigenvalue weighted by Crippen LogP contribution is -2.15. The molecule has 1 heterocycles. The molecule has 0 amide bonds. The Hall–Kier alpha value is -1.60. The van der Waals surface area contributed by atoms with E-state index in [1.807, 2.05) is 0 Å². The van der Waals surface area contributed by atoms with E-state index in [1.54, 1.807) is 6.92 Å². The van der Waals surface area contributed by atoms with Crippen LogP contribution in [0.15, 0.2) is 0 Å². The second-order valence-electron chi connectivity index (χ2n) is 3.32. The van der Waals surface area contributed by atoms with Crippen LogP contribution in [-0.2, 0) is 17.7 Å². The van der Waals surface area contributed by atoms with Gasteiger partial charge in [0.15, 0.2) is 5.69 Å². The normalized spacial score (nSPS) is 11.6. The number of rotatable bonds is 4. The lowest BCUT2D eigenvalue weighted by molar-refractivity contribution is -0.137. The highest BCUT2D eigenvalue weighted by Gasteiger charge is 2.28. The third-order valence-electron chi connectivity index (χ3n) is 2.16. The molecular formula is C9H12F3N3O2. The molecule has 0 bridgehead atoms. The zero-order chi connectivity index (χ0) is 13.1. The molecule has 0 atom stereocenters. The first-order valence-corrected chi connectivity index (χ1v) is 4.96. The molecule has 0 radical (unpaired) electrons. The van der Waals surface area contributed by atoms with Crippen LogP contribution in [0.2, 0.25) is 0 Å². The second-order valence-corrected chi connectivity index (χ2v) is 3.32. The molecule has 0 unspecified atom stereocenters. The monoisotopic (exact) mass is 251 g/mol. The molecule has 8 heteroatoms. The minimum atomic E-state index is -4.26. The summed E-state index contributed by atoms with van der Waals surface area (Å²) in [7, 11) is 1.18. The fourth-order valence-corrected chi connectivity index (χ4v) is 1.35. The molecule has 17 heavy (non-hydrogen) atoms. The fraction of sp³-hybridized carbons (Fsp3) is 0.667. The van der Waals surface area contributed by atoms with Crippen LogP contribution in [-0.4, -0.2) is 34.2 Å². The van der Waals surface area contributed by atoms with Crippen molar-refractivity contribution in [2.75, 3.05) is 7.11 Å². The van der Waals surface area contributed by atoms with Crippen LogP contribution in [0.4, 0.5) is 13.2 Å². The van der Waals surface area contributed by atoms with Gasteiger partial charge in [-0.05, 0) is 6.42 Å². The van der Waals surface area contributed by atoms with Crippen molar-refractivity contribution < 1.29 is 22.7 Å². The molecule has 1 aromatic heterocycles. The smallest absolute Gasteiger partial charge is 0.390 e. The number of alkyl halides is 3. The number of carbonyl (C=O) groups excluding carboxylic acids is 1. The molecule has 0 spiro atoms. The third kappa shape index (κ3) is 3.43. The number of ether oxygens (including phenoxy) is 1. The molecule has 1 rings (SSSR count). The summed E-state index contributed by atoms with van der Waals surface area (Å²) >= 11 is 0. The van der Waals surface area contributed by atoms with Gasteiger partial charge in [0.2, 0.25) is 0 Å². The minimum absolute atomic E-state index is 0.0304. The van der Waals surface area contributed by atoms with E-state index in [0.717, 1.165) is 4.68 Å². The molecule has 0 aliphatic rings. The Morgan fingerprint density at radius 3 is 2.59 bits per heavy atom. The number of methoxy groups -OCH3 is 1. The Kier molecular flexibility index (Phi) is 4.08. The van der Waals surface area contributed by atoms with Crippen LogP contribution < -0.4 is 0 Å². The van der Waals surface area contributed by atoms with E-state index < -0.39 is 18.6 Å². The van der Waals surface area contributed by atoms with Crippen molar-refractivity contribution in [2.24, 2.45) is 0 Å². The maximum Gasteiger partial charge on any atom is 0.390 e. The number of carbonyl (C=O) groups is 1. The number of esters is 1. The quantitative estimate of drug-likeness (QED) is 0.762. The first kappa shape index (κ1) is 13.5. The summed E-state index contributed by atoms with van der Waals surface area (Å²) in [6.07, 6.45) is -4.92. The van der Waals surface area contributed by atoms with E-state index in [9.17, 15) is 18.0 Å².